The highest BCUT2D eigenvalue weighted by molar-refractivity contribution is 5.94. The Kier molecular flexibility index (Phi) is 4.15. The van der Waals surface area contributed by atoms with Crippen LogP contribution in [-0.4, -0.2) is 44.9 Å². The molecule has 7 heteroatoms. The number of pyridine rings is 2. The molecule has 4 rings (SSSR count). The van der Waals surface area contributed by atoms with Crippen molar-refractivity contribution >= 4 is 22.5 Å². The average molecular weight is 337 g/mol. The molecule has 0 radical (unpaired) electrons. The number of oxazole rings is 1. The Morgan fingerprint density at radius 3 is 2.92 bits per heavy atom. The summed E-state index contributed by atoms with van der Waals surface area (Å²) in [5.41, 5.74) is 0.694. The van der Waals surface area contributed by atoms with Gasteiger partial charge in [0.1, 0.15) is 11.5 Å². The fourth-order valence-corrected chi connectivity index (χ4v) is 3.18. The Balaban J connectivity index is 1.52. The molecule has 0 spiro atoms. The van der Waals surface area contributed by atoms with Crippen molar-refractivity contribution in [3.8, 4) is 11.5 Å². The van der Waals surface area contributed by atoms with Crippen LogP contribution in [0.5, 0.6) is 0 Å². The first-order valence-electron chi connectivity index (χ1n) is 8.37. The smallest absolute Gasteiger partial charge is 0.239 e. The molecule has 128 valence electrons. The predicted molar refractivity (Wildman–Crippen MR) is 93.9 cm³/mol. The molecular weight excluding hydrogens is 318 g/mol. The van der Waals surface area contributed by atoms with E-state index in [-0.39, 0.29) is 5.91 Å². The lowest BCUT2D eigenvalue weighted by molar-refractivity contribution is -0.117. The summed E-state index contributed by atoms with van der Waals surface area (Å²) >= 11 is 0. The van der Waals surface area contributed by atoms with Crippen molar-refractivity contribution in [1.82, 2.24) is 19.9 Å². The van der Waals surface area contributed by atoms with Crippen molar-refractivity contribution in [3.63, 3.8) is 0 Å². The molecule has 1 amide bonds. The van der Waals surface area contributed by atoms with Gasteiger partial charge in [0, 0.05) is 23.8 Å². The van der Waals surface area contributed by atoms with Crippen LogP contribution in [0.15, 0.2) is 41.5 Å². The summed E-state index contributed by atoms with van der Waals surface area (Å²) in [6.07, 6.45) is 8.74. The van der Waals surface area contributed by atoms with E-state index in [9.17, 15) is 4.79 Å². The Morgan fingerprint density at radius 2 is 2.16 bits per heavy atom. The number of hydrogen-bond donors (Lipinski definition) is 1. The first-order valence-corrected chi connectivity index (χ1v) is 8.37. The lowest BCUT2D eigenvalue weighted by Crippen LogP contribution is -2.35. The van der Waals surface area contributed by atoms with Crippen LogP contribution < -0.4 is 5.32 Å². The maximum absolute atomic E-state index is 12.3. The van der Waals surface area contributed by atoms with Gasteiger partial charge in [0.2, 0.25) is 5.91 Å². The molecule has 1 aliphatic heterocycles. The van der Waals surface area contributed by atoms with Crippen molar-refractivity contribution in [1.29, 1.82) is 0 Å². The number of anilines is 1. The van der Waals surface area contributed by atoms with Gasteiger partial charge in [-0.3, -0.25) is 14.7 Å². The second-order valence-corrected chi connectivity index (χ2v) is 6.36. The van der Waals surface area contributed by atoms with Gasteiger partial charge in [-0.15, -0.1) is 0 Å². The molecule has 7 nitrogen and oxygen atoms in total. The van der Waals surface area contributed by atoms with E-state index in [0.29, 0.717) is 29.9 Å². The maximum Gasteiger partial charge on any atom is 0.239 e. The molecule has 1 N–H and O–H groups in total. The summed E-state index contributed by atoms with van der Waals surface area (Å²) in [5, 5.41) is 4.72. The number of nitrogens with zero attached hydrogens (tertiary/aromatic N) is 4. The molecule has 4 heterocycles. The molecule has 1 saturated heterocycles. The molecule has 0 saturated carbocycles. The van der Waals surface area contributed by atoms with Gasteiger partial charge in [0.15, 0.2) is 12.2 Å². The summed E-state index contributed by atoms with van der Waals surface area (Å²) in [6.45, 7) is 3.54. The lowest BCUT2D eigenvalue weighted by Gasteiger charge is -2.19. The molecule has 0 aliphatic carbocycles. The molecule has 3 aromatic heterocycles. The zero-order valence-electron chi connectivity index (χ0n) is 14.0. The summed E-state index contributed by atoms with van der Waals surface area (Å²) in [5.74, 6) is 1.11. The first-order chi connectivity index (χ1) is 12.2. The molecular formula is C18H19N5O2. The van der Waals surface area contributed by atoms with Crippen LogP contribution in [0.4, 0.5) is 5.82 Å². The van der Waals surface area contributed by atoms with Crippen LogP contribution in [0.25, 0.3) is 22.2 Å². The third kappa shape index (κ3) is 3.36. The van der Waals surface area contributed by atoms with Crippen molar-refractivity contribution in [2.75, 3.05) is 18.4 Å². The van der Waals surface area contributed by atoms with Gasteiger partial charge >= 0.3 is 0 Å². The van der Waals surface area contributed by atoms with E-state index in [4.69, 9.17) is 4.42 Å². The number of carbonyl (C=O) groups excluding carboxylic acids is 1. The summed E-state index contributed by atoms with van der Waals surface area (Å²) in [4.78, 5) is 27.0. The van der Waals surface area contributed by atoms with Crippen molar-refractivity contribution < 1.29 is 9.21 Å². The Hall–Kier alpha value is -2.80. The molecule has 1 aliphatic rings. The number of aromatic nitrogens is 3. The molecule has 3 aromatic rings. The van der Waals surface area contributed by atoms with E-state index in [1.54, 1.807) is 18.6 Å². The number of amides is 1. The normalized spacial score (nSPS) is 17.9. The van der Waals surface area contributed by atoms with Crippen LogP contribution in [0, 0.1) is 0 Å². The molecule has 0 bridgehead atoms. The van der Waals surface area contributed by atoms with Crippen molar-refractivity contribution in [2.45, 2.75) is 25.8 Å². The second-order valence-electron chi connectivity index (χ2n) is 6.36. The standard InChI is InChI=1S/C18H19N5O2/c1-12-3-2-4-23(12)10-18(24)22-17-6-13-5-15(16-9-19-11-25-16)20-7-14(13)8-21-17/h5-9,11-12H,2-4,10H2,1H3,(H,21,22,24)/t12-/m1/s1. The average Bonchev–Trinajstić information content (AvgIpc) is 3.27. The Labute approximate surface area is 145 Å². The predicted octanol–water partition coefficient (Wildman–Crippen LogP) is 2.71. The summed E-state index contributed by atoms with van der Waals surface area (Å²) in [6, 6.07) is 4.21. The van der Waals surface area contributed by atoms with Gasteiger partial charge in [-0.2, -0.15) is 0 Å². The van der Waals surface area contributed by atoms with E-state index in [0.717, 1.165) is 30.2 Å². The van der Waals surface area contributed by atoms with E-state index in [1.165, 1.54) is 6.39 Å². The fourth-order valence-electron chi connectivity index (χ4n) is 3.18. The minimum Gasteiger partial charge on any atom is -0.442 e. The van der Waals surface area contributed by atoms with Gasteiger partial charge in [-0.05, 0) is 43.8 Å². The van der Waals surface area contributed by atoms with Crippen molar-refractivity contribution in [2.24, 2.45) is 0 Å². The largest absolute Gasteiger partial charge is 0.442 e. The highest BCUT2D eigenvalue weighted by atomic mass is 16.3. The molecule has 25 heavy (non-hydrogen) atoms. The fraction of sp³-hybridized carbons (Fsp3) is 0.333. The highest BCUT2D eigenvalue weighted by Gasteiger charge is 2.22. The maximum atomic E-state index is 12.3. The summed E-state index contributed by atoms with van der Waals surface area (Å²) < 4.78 is 5.28. The van der Waals surface area contributed by atoms with Crippen LogP contribution in [0.1, 0.15) is 19.8 Å². The van der Waals surface area contributed by atoms with E-state index >= 15 is 0 Å². The highest BCUT2D eigenvalue weighted by Crippen LogP contribution is 2.23. The third-order valence-electron chi connectivity index (χ3n) is 4.59. The van der Waals surface area contributed by atoms with Crippen LogP contribution in [0.3, 0.4) is 0 Å². The number of carbonyl (C=O) groups is 1. The lowest BCUT2D eigenvalue weighted by atomic mass is 10.2. The molecule has 0 aromatic carbocycles. The first kappa shape index (κ1) is 15.7. The van der Waals surface area contributed by atoms with Gasteiger partial charge in [0.05, 0.1) is 12.7 Å². The molecule has 1 fully saturated rings. The van der Waals surface area contributed by atoms with Gasteiger partial charge in [-0.25, -0.2) is 9.97 Å². The van der Waals surface area contributed by atoms with Crippen LogP contribution >= 0.6 is 0 Å². The number of likely N-dealkylation sites (tertiary alicyclic amines) is 1. The summed E-state index contributed by atoms with van der Waals surface area (Å²) in [7, 11) is 0. The third-order valence-corrected chi connectivity index (χ3v) is 4.59. The Bertz CT molecular complexity index is 894. The van der Waals surface area contributed by atoms with Gasteiger partial charge < -0.3 is 9.73 Å². The number of fused-ring (bicyclic) bond motifs is 1. The zero-order chi connectivity index (χ0) is 17.2. The van der Waals surface area contributed by atoms with Crippen LogP contribution in [-0.2, 0) is 4.79 Å². The SMILES string of the molecule is C[C@@H]1CCCN1CC(=O)Nc1cc2cc(-c3cnco3)ncc2cn1. The van der Waals surface area contributed by atoms with Gasteiger partial charge in [-0.1, -0.05) is 0 Å². The molecule has 0 unspecified atom stereocenters. The van der Waals surface area contributed by atoms with Gasteiger partial charge in [0.25, 0.3) is 0 Å². The molecule has 1 atom stereocenters. The minimum atomic E-state index is -0.0369. The number of rotatable bonds is 4. The van der Waals surface area contributed by atoms with E-state index in [2.05, 4.69) is 32.1 Å². The van der Waals surface area contributed by atoms with E-state index in [1.807, 2.05) is 12.1 Å². The van der Waals surface area contributed by atoms with Crippen LogP contribution in [0.2, 0.25) is 0 Å². The Morgan fingerprint density at radius 1 is 1.28 bits per heavy atom. The number of nitrogens with one attached hydrogen (secondary N) is 1. The van der Waals surface area contributed by atoms with E-state index < -0.39 is 0 Å². The minimum absolute atomic E-state index is 0.0369. The van der Waals surface area contributed by atoms with Crippen molar-refractivity contribution in [3.05, 3.63) is 37.1 Å². The number of hydrogen-bond acceptors (Lipinski definition) is 6. The second kappa shape index (κ2) is 6.60. The zero-order valence-corrected chi connectivity index (χ0v) is 14.0. The topological polar surface area (TPSA) is 84.2 Å². The quantitative estimate of drug-likeness (QED) is 0.788. The monoisotopic (exact) mass is 337 g/mol.